The molecule has 2 unspecified atom stereocenters. The number of nitrogens with two attached hydrogens (primary N) is 1. The van der Waals surface area contributed by atoms with Gasteiger partial charge in [0.25, 0.3) is 11.9 Å². The molecule has 178 valence electrons. The fourth-order valence-corrected chi connectivity index (χ4v) is 4.06. The summed E-state index contributed by atoms with van der Waals surface area (Å²) in [5, 5.41) is 5.56. The number of nitrogens with one attached hydrogen (secondary N) is 2. The van der Waals surface area contributed by atoms with Crippen LogP contribution in [0.25, 0.3) is 11.3 Å². The Balaban J connectivity index is 1.46. The highest BCUT2D eigenvalue weighted by Crippen LogP contribution is 2.30. The Morgan fingerprint density at radius 3 is 2.67 bits per heavy atom. The van der Waals surface area contributed by atoms with Crippen molar-refractivity contribution in [2.45, 2.75) is 25.1 Å². The fourth-order valence-electron chi connectivity index (χ4n) is 3.98. The molecule has 0 aliphatic carbocycles. The van der Waals surface area contributed by atoms with Crippen LogP contribution in [0.3, 0.4) is 0 Å². The molecule has 2 atom stereocenters. The van der Waals surface area contributed by atoms with Gasteiger partial charge in [-0.05, 0) is 19.0 Å². The molecule has 2 aliphatic heterocycles. The standard InChI is InChI=1S/C21H26F2N6O3S/c1-25-21(24)31-11-18(32-21)20(30)28-5-3-13(4-6-28)19-16(22)7-14(8-17(19)23)29-10-15(27(29)2)9-26-12-33/h3,7-8,10,12,18,25H,4-6,9,11,24H2,1-2H3,(H,26,33). The molecular formula is C21H26F2N6O3S. The van der Waals surface area contributed by atoms with Crippen LogP contribution in [0.2, 0.25) is 0 Å². The topological polar surface area (TPSA) is 98.7 Å². The van der Waals surface area contributed by atoms with E-state index in [9.17, 15) is 13.6 Å². The molecule has 3 heterocycles. The molecule has 0 radical (unpaired) electrons. The molecule has 12 heteroatoms. The number of ether oxygens (including phenoxy) is 2. The first-order chi connectivity index (χ1) is 15.8. The first kappa shape index (κ1) is 23.5. The highest BCUT2D eigenvalue weighted by Gasteiger charge is 2.42. The third-order valence-corrected chi connectivity index (χ3v) is 6.07. The minimum atomic E-state index is -1.49. The molecule has 1 saturated heterocycles. The number of nitrogens with zero attached hydrogens (tertiary/aromatic N) is 3. The Hall–Kier alpha value is -2.64. The summed E-state index contributed by atoms with van der Waals surface area (Å²) in [5.41, 5.74) is 8.96. The second-order valence-corrected chi connectivity index (χ2v) is 8.11. The predicted molar refractivity (Wildman–Crippen MR) is 121 cm³/mol. The molecule has 2 aliphatic rings. The maximum Gasteiger partial charge on any atom is 0.289 e. The van der Waals surface area contributed by atoms with E-state index in [1.54, 1.807) is 40.6 Å². The summed E-state index contributed by atoms with van der Waals surface area (Å²) in [7, 11) is 3.36. The summed E-state index contributed by atoms with van der Waals surface area (Å²) < 4.78 is 44.1. The number of aromatic nitrogens is 2. The average molecular weight is 481 g/mol. The molecule has 4 N–H and O–H groups in total. The number of thiocarbonyl (C=S) groups is 1. The van der Waals surface area contributed by atoms with Crippen molar-refractivity contribution >= 4 is 29.2 Å². The van der Waals surface area contributed by atoms with Gasteiger partial charge in [-0.1, -0.05) is 18.3 Å². The van der Waals surface area contributed by atoms with Crippen LogP contribution >= 0.6 is 12.2 Å². The number of hydrogen-bond acceptors (Lipinski definition) is 6. The van der Waals surface area contributed by atoms with E-state index in [2.05, 4.69) is 10.6 Å². The van der Waals surface area contributed by atoms with Crippen LogP contribution in [0.4, 0.5) is 8.78 Å². The Morgan fingerprint density at radius 2 is 2.12 bits per heavy atom. The molecule has 0 saturated carbocycles. The van der Waals surface area contributed by atoms with Crippen LogP contribution in [0, 0.1) is 11.6 Å². The van der Waals surface area contributed by atoms with Crippen molar-refractivity contribution in [2.24, 2.45) is 12.8 Å². The Morgan fingerprint density at radius 1 is 1.39 bits per heavy atom. The van der Waals surface area contributed by atoms with E-state index in [-0.39, 0.29) is 24.6 Å². The summed E-state index contributed by atoms with van der Waals surface area (Å²) in [6.45, 7) is 1.06. The predicted octanol–water partition coefficient (Wildman–Crippen LogP) is 0.961. The zero-order valence-electron chi connectivity index (χ0n) is 18.3. The van der Waals surface area contributed by atoms with Gasteiger partial charge in [-0.15, -0.1) is 0 Å². The van der Waals surface area contributed by atoms with E-state index in [0.717, 1.165) is 5.69 Å². The van der Waals surface area contributed by atoms with Gasteiger partial charge in [0.05, 0.1) is 30.0 Å². The molecule has 1 fully saturated rings. The van der Waals surface area contributed by atoms with Crippen LogP contribution in [0.15, 0.2) is 24.4 Å². The van der Waals surface area contributed by atoms with E-state index in [1.807, 2.05) is 0 Å². The maximum atomic E-state index is 15.0. The van der Waals surface area contributed by atoms with E-state index in [0.29, 0.717) is 30.8 Å². The number of amides is 1. The third kappa shape index (κ3) is 4.57. The van der Waals surface area contributed by atoms with Gasteiger partial charge in [0, 0.05) is 44.0 Å². The summed E-state index contributed by atoms with van der Waals surface area (Å²) in [4.78, 5) is 14.3. The average Bonchev–Trinajstić information content (AvgIpc) is 3.20. The lowest BCUT2D eigenvalue weighted by Gasteiger charge is -2.29. The molecule has 1 amide bonds. The first-order valence-electron chi connectivity index (χ1n) is 10.4. The highest BCUT2D eigenvalue weighted by molar-refractivity contribution is 7.78. The quantitative estimate of drug-likeness (QED) is 0.401. The number of carbonyl (C=O) groups excluding carboxylic acids is 1. The third-order valence-electron chi connectivity index (χ3n) is 5.90. The zero-order chi connectivity index (χ0) is 23.8. The van der Waals surface area contributed by atoms with Crippen molar-refractivity contribution < 1.29 is 23.0 Å². The van der Waals surface area contributed by atoms with Gasteiger partial charge in [-0.25, -0.2) is 8.78 Å². The lowest BCUT2D eigenvalue weighted by atomic mass is 9.97. The molecule has 1 aromatic heterocycles. The number of carbonyl (C=O) groups is 1. The molecule has 1 aromatic carbocycles. The smallest absolute Gasteiger partial charge is 0.289 e. The Labute approximate surface area is 195 Å². The Kier molecular flexibility index (Phi) is 6.64. The van der Waals surface area contributed by atoms with Crippen LogP contribution in [0.1, 0.15) is 17.7 Å². The van der Waals surface area contributed by atoms with Gasteiger partial charge in [-0.3, -0.25) is 25.2 Å². The van der Waals surface area contributed by atoms with Gasteiger partial charge in [0.1, 0.15) is 11.6 Å². The first-order valence-corrected chi connectivity index (χ1v) is 10.9. The van der Waals surface area contributed by atoms with Crippen molar-refractivity contribution in [3.05, 3.63) is 47.3 Å². The second kappa shape index (κ2) is 9.31. The van der Waals surface area contributed by atoms with Gasteiger partial charge in [0.2, 0.25) is 0 Å². The maximum absolute atomic E-state index is 15.0. The zero-order valence-corrected chi connectivity index (χ0v) is 19.1. The fraction of sp³-hybridized carbons (Fsp3) is 0.429. The number of halogens is 2. The lowest BCUT2D eigenvalue weighted by Crippen LogP contribution is -2.54. The molecule has 33 heavy (non-hydrogen) atoms. The van der Waals surface area contributed by atoms with E-state index >= 15 is 0 Å². The van der Waals surface area contributed by atoms with Gasteiger partial charge in [-0.2, -0.15) is 0 Å². The summed E-state index contributed by atoms with van der Waals surface area (Å²) in [6, 6.07) is 1.11. The second-order valence-electron chi connectivity index (χ2n) is 7.87. The SMILES string of the molecule is CNC1(N)OCC(C(=O)N2CC=C(c3c(F)cc(-n4cc(CNC=S)n4C)cc3F)CC2)O1. The lowest BCUT2D eigenvalue weighted by molar-refractivity contribution is -0.188. The van der Waals surface area contributed by atoms with Crippen LogP contribution in [-0.4, -0.2) is 64.5 Å². The van der Waals surface area contributed by atoms with Crippen LogP contribution in [0.5, 0.6) is 0 Å². The van der Waals surface area contributed by atoms with Crippen molar-refractivity contribution in [2.75, 3.05) is 26.7 Å². The molecule has 4 rings (SSSR count). The summed E-state index contributed by atoms with van der Waals surface area (Å²) in [5.74, 6) is -1.59. The molecule has 2 aromatic rings. The van der Waals surface area contributed by atoms with Gasteiger partial charge in [0.15, 0.2) is 6.10 Å². The van der Waals surface area contributed by atoms with Gasteiger partial charge >= 0.3 is 0 Å². The molecule has 0 bridgehead atoms. The van der Waals surface area contributed by atoms with Crippen molar-refractivity contribution in [1.29, 1.82) is 0 Å². The number of rotatable bonds is 7. The van der Waals surface area contributed by atoms with Crippen molar-refractivity contribution in [3.63, 3.8) is 0 Å². The van der Waals surface area contributed by atoms with Crippen molar-refractivity contribution in [3.8, 4) is 5.69 Å². The van der Waals surface area contributed by atoms with Crippen LogP contribution < -0.4 is 16.4 Å². The summed E-state index contributed by atoms with van der Waals surface area (Å²) in [6.07, 6.45) is 2.91. The minimum Gasteiger partial charge on any atom is -0.377 e. The van der Waals surface area contributed by atoms with E-state index < -0.39 is 23.8 Å². The molecular weight excluding hydrogens is 454 g/mol. The van der Waals surface area contributed by atoms with Crippen molar-refractivity contribution in [1.82, 2.24) is 24.9 Å². The normalized spacial score (nSPS) is 23.0. The minimum absolute atomic E-state index is 0.0245. The number of hydrogen-bond donors (Lipinski definition) is 3. The molecule has 0 spiro atoms. The largest absolute Gasteiger partial charge is 0.377 e. The van der Waals surface area contributed by atoms with E-state index in [4.69, 9.17) is 27.4 Å². The molecule has 9 nitrogen and oxygen atoms in total. The monoisotopic (exact) mass is 480 g/mol. The highest BCUT2D eigenvalue weighted by atomic mass is 32.1. The van der Waals surface area contributed by atoms with Gasteiger partial charge < -0.3 is 19.7 Å². The number of benzene rings is 1. The van der Waals surface area contributed by atoms with E-state index in [1.165, 1.54) is 17.6 Å². The summed E-state index contributed by atoms with van der Waals surface area (Å²) >= 11 is 4.74. The van der Waals surface area contributed by atoms with Crippen LogP contribution in [-0.2, 0) is 27.9 Å². The Bertz CT molecular complexity index is 1080.